The van der Waals surface area contributed by atoms with Crippen molar-refractivity contribution in [3.05, 3.63) is 54.1 Å². The number of Topliss-reactive ketones (excluding diaryl/α,β-unsaturated/α-hetero) is 1. The summed E-state index contributed by atoms with van der Waals surface area (Å²) in [5, 5.41) is 2.43. The van der Waals surface area contributed by atoms with Gasteiger partial charge in [0.15, 0.2) is 12.4 Å². The number of benzene rings is 2. The highest BCUT2D eigenvalue weighted by atomic mass is 19.3. The van der Waals surface area contributed by atoms with E-state index in [4.69, 9.17) is 4.74 Å². The molecule has 24 heavy (non-hydrogen) atoms. The lowest BCUT2D eigenvalue weighted by atomic mass is 10.1. The second-order valence-electron chi connectivity index (χ2n) is 4.80. The molecule has 0 heterocycles. The number of carbonyl (C=O) groups excluding carboxylic acids is 2. The van der Waals surface area contributed by atoms with E-state index in [1.165, 1.54) is 31.2 Å². The van der Waals surface area contributed by atoms with E-state index in [0.717, 1.165) is 0 Å². The second-order valence-corrected chi connectivity index (χ2v) is 4.80. The Kier molecular flexibility index (Phi) is 5.83. The molecule has 0 bridgehead atoms. The third-order valence-corrected chi connectivity index (χ3v) is 2.99. The van der Waals surface area contributed by atoms with Crippen LogP contribution in [0.1, 0.15) is 17.3 Å². The van der Waals surface area contributed by atoms with Gasteiger partial charge < -0.3 is 14.8 Å². The Balaban J connectivity index is 1.97. The summed E-state index contributed by atoms with van der Waals surface area (Å²) >= 11 is 0. The molecule has 0 aliphatic carbocycles. The fourth-order valence-corrected chi connectivity index (χ4v) is 1.91. The highest BCUT2D eigenvalue weighted by Gasteiger charge is 2.12. The van der Waals surface area contributed by atoms with Gasteiger partial charge >= 0.3 is 6.61 Å². The van der Waals surface area contributed by atoms with Crippen molar-refractivity contribution in [3.63, 3.8) is 0 Å². The molecule has 0 aromatic heterocycles. The van der Waals surface area contributed by atoms with E-state index < -0.39 is 12.5 Å². The average Bonchev–Trinajstić information content (AvgIpc) is 2.54. The van der Waals surface area contributed by atoms with Gasteiger partial charge in [0.05, 0.1) is 5.69 Å². The van der Waals surface area contributed by atoms with Crippen LogP contribution in [0.3, 0.4) is 0 Å². The van der Waals surface area contributed by atoms with Crippen LogP contribution in [0.2, 0.25) is 0 Å². The lowest BCUT2D eigenvalue weighted by Crippen LogP contribution is -2.21. The van der Waals surface area contributed by atoms with Gasteiger partial charge in [-0.1, -0.05) is 24.3 Å². The molecule has 1 N–H and O–H groups in total. The molecule has 0 aliphatic heterocycles. The van der Waals surface area contributed by atoms with Crippen molar-refractivity contribution in [1.82, 2.24) is 0 Å². The molecule has 0 radical (unpaired) electrons. The lowest BCUT2D eigenvalue weighted by Gasteiger charge is -2.12. The van der Waals surface area contributed by atoms with Crippen LogP contribution in [0, 0.1) is 0 Å². The SMILES string of the molecule is CC(=O)c1cccc(OCC(=O)Nc2ccccc2OC(F)F)c1. The van der Waals surface area contributed by atoms with Crippen LogP contribution >= 0.6 is 0 Å². The number of carbonyl (C=O) groups is 2. The van der Waals surface area contributed by atoms with E-state index in [2.05, 4.69) is 10.1 Å². The Morgan fingerprint density at radius 1 is 1.12 bits per heavy atom. The second kappa shape index (κ2) is 8.05. The highest BCUT2D eigenvalue weighted by molar-refractivity contribution is 5.95. The van der Waals surface area contributed by atoms with E-state index >= 15 is 0 Å². The van der Waals surface area contributed by atoms with E-state index in [9.17, 15) is 18.4 Å². The first-order chi connectivity index (χ1) is 11.5. The van der Waals surface area contributed by atoms with Gasteiger partial charge in [-0.25, -0.2) is 0 Å². The number of anilines is 1. The molecule has 0 saturated carbocycles. The van der Waals surface area contributed by atoms with E-state index in [0.29, 0.717) is 11.3 Å². The maximum absolute atomic E-state index is 12.3. The molecule has 7 heteroatoms. The van der Waals surface area contributed by atoms with Crippen molar-refractivity contribution in [1.29, 1.82) is 0 Å². The van der Waals surface area contributed by atoms with Gasteiger partial charge in [-0.3, -0.25) is 9.59 Å². The summed E-state index contributed by atoms with van der Waals surface area (Å²) in [6, 6.07) is 12.2. The van der Waals surface area contributed by atoms with E-state index in [-0.39, 0.29) is 23.8 Å². The first-order valence-corrected chi connectivity index (χ1v) is 7.03. The summed E-state index contributed by atoms with van der Waals surface area (Å²) in [7, 11) is 0. The minimum atomic E-state index is -2.99. The Labute approximate surface area is 137 Å². The number of halogens is 2. The van der Waals surface area contributed by atoms with Gasteiger partial charge in [0.1, 0.15) is 11.5 Å². The fourth-order valence-electron chi connectivity index (χ4n) is 1.91. The standard InChI is InChI=1S/C17H15F2NO4/c1-11(21)12-5-4-6-13(9-12)23-10-16(22)20-14-7-2-3-8-15(14)24-17(18)19/h2-9,17H,10H2,1H3,(H,20,22). The van der Waals surface area contributed by atoms with Crippen LogP contribution in [0.15, 0.2) is 48.5 Å². The molecule has 0 atom stereocenters. The van der Waals surface area contributed by atoms with Crippen LogP contribution in [-0.4, -0.2) is 24.9 Å². The Hall–Kier alpha value is -2.96. The molecule has 1 amide bonds. The van der Waals surface area contributed by atoms with Gasteiger partial charge in [0.2, 0.25) is 0 Å². The smallest absolute Gasteiger partial charge is 0.387 e. The predicted octanol–water partition coefficient (Wildman–Crippen LogP) is 3.51. The zero-order chi connectivity index (χ0) is 17.5. The fraction of sp³-hybridized carbons (Fsp3) is 0.176. The minimum Gasteiger partial charge on any atom is -0.484 e. The van der Waals surface area contributed by atoms with Gasteiger partial charge in [-0.05, 0) is 31.2 Å². The normalized spacial score (nSPS) is 10.3. The van der Waals surface area contributed by atoms with Crippen LogP contribution in [-0.2, 0) is 4.79 Å². The summed E-state index contributed by atoms with van der Waals surface area (Å²) in [4.78, 5) is 23.2. The van der Waals surface area contributed by atoms with Gasteiger partial charge in [0, 0.05) is 5.56 Å². The van der Waals surface area contributed by atoms with Crippen LogP contribution in [0.25, 0.3) is 0 Å². The van der Waals surface area contributed by atoms with Crippen molar-refractivity contribution >= 4 is 17.4 Å². The first-order valence-electron chi connectivity index (χ1n) is 7.03. The summed E-state index contributed by atoms with van der Waals surface area (Å²) in [5.41, 5.74) is 0.576. The lowest BCUT2D eigenvalue weighted by molar-refractivity contribution is -0.118. The quantitative estimate of drug-likeness (QED) is 0.787. The summed E-state index contributed by atoms with van der Waals surface area (Å²) in [5.74, 6) is -0.453. The Bertz CT molecular complexity index is 734. The molecule has 0 saturated heterocycles. The van der Waals surface area contributed by atoms with Crippen LogP contribution < -0.4 is 14.8 Å². The third-order valence-electron chi connectivity index (χ3n) is 2.99. The zero-order valence-electron chi connectivity index (χ0n) is 12.8. The largest absolute Gasteiger partial charge is 0.484 e. The first kappa shape index (κ1) is 17.4. The topological polar surface area (TPSA) is 64.6 Å². The van der Waals surface area contributed by atoms with Crippen LogP contribution in [0.4, 0.5) is 14.5 Å². The number of alkyl halides is 2. The molecule has 2 rings (SSSR count). The van der Waals surface area contributed by atoms with Crippen LogP contribution in [0.5, 0.6) is 11.5 Å². The zero-order valence-corrected chi connectivity index (χ0v) is 12.8. The molecule has 0 aliphatic rings. The molecule has 0 unspecified atom stereocenters. The molecular formula is C17H15F2NO4. The Morgan fingerprint density at radius 3 is 2.58 bits per heavy atom. The molecule has 5 nitrogen and oxygen atoms in total. The number of amides is 1. The van der Waals surface area contributed by atoms with Crippen molar-refractivity contribution in [2.45, 2.75) is 13.5 Å². The van der Waals surface area contributed by atoms with Crippen molar-refractivity contribution in [2.75, 3.05) is 11.9 Å². The Morgan fingerprint density at radius 2 is 1.88 bits per heavy atom. The predicted molar refractivity (Wildman–Crippen MR) is 83.6 cm³/mol. The average molecular weight is 335 g/mol. The minimum absolute atomic E-state index is 0.115. The number of nitrogens with one attached hydrogen (secondary N) is 1. The number of hydrogen-bond acceptors (Lipinski definition) is 4. The van der Waals surface area contributed by atoms with Gasteiger partial charge in [-0.2, -0.15) is 8.78 Å². The number of hydrogen-bond donors (Lipinski definition) is 1. The number of ether oxygens (including phenoxy) is 2. The molecule has 0 fully saturated rings. The maximum Gasteiger partial charge on any atom is 0.387 e. The molecule has 2 aromatic carbocycles. The van der Waals surface area contributed by atoms with Gasteiger partial charge in [0.25, 0.3) is 5.91 Å². The number of para-hydroxylation sites is 2. The molecule has 126 valence electrons. The van der Waals surface area contributed by atoms with Crippen molar-refractivity contribution in [2.24, 2.45) is 0 Å². The maximum atomic E-state index is 12.3. The third kappa shape index (κ3) is 5.05. The molecular weight excluding hydrogens is 320 g/mol. The van der Waals surface area contributed by atoms with Crippen molar-refractivity contribution in [3.8, 4) is 11.5 Å². The number of ketones is 1. The highest BCUT2D eigenvalue weighted by Crippen LogP contribution is 2.25. The number of rotatable bonds is 7. The van der Waals surface area contributed by atoms with Crippen molar-refractivity contribution < 1.29 is 27.8 Å². The molecule has 2 aromatic rings. The summed E-state index contributed by atoms with van der Waals surface area (Å²) < 4.78 is 34.3. The van der Waals surface area contributed by atoms with E-state index in [1.54, 1.807) is 24.3 Å². The monoisotopic (exact) mass is 335 g/mol. The summed E-state index contributed by atoms with van der Waals surface area (Å²) in [6.45, 7) is -1.91. The molecule has 0 spiro atoms. The van der Waals surface area contributed by atoms with Gasteiger partial charge in [-0.15, -0.1) is 0 Å². The van der Waals surface area contributed by atoms with E-state index in [1.807, 2.05) is 0 Å². The summed E-state index contributed by atoms with van der Waals surface area (Å²) in [6.07, 6.45) is 0.